The molecule has 0 bridgehead atoms. The fourth-order valence-corrected chi connectivity index (χ4v) is 7.00. The molecule has 0 saturated carbocycles. The molecule has 1 amide bonds. The van der Waals surface area contributed by atoms with Gasteiger partial charge in [-0.05, 0) is 53.9 Å². The number of esters is 1. The maximum absolute atomic E-state index is 13.6. The lowest BCUT2D eigenvalue weighted by atomic mass is 10.0. The van der Waals surface area contributed by atoms with Crippen LogP contribution >= 0.6 is 34.8 Å². The zero-order chi connectivity index (χ0) is 29.1. The molecule has 1 aliphatic rings. The number of rotatable bonds is 7. The lowest BCUT2D eigenvalue weighted by Crippen LogP contribution is -2.36. The molecular weight excluding hydrogens is 607 g/mol. The summed E-state index contributed by atoms with van der Waals surface area (Å²) in [6, 6.07) is 24.4. The largest absolute Gasteiger partial charge is 0.444 e. The fraction of sp³-hybridized carbons (Fsp3) is 0.133. The van der Waals surface area contributed by atoms with Crippen molar-refractivity contribution in [3.63, 3.8) is 0 Å². The number of benzene rings is 4. The first-order valence-corrected chi connectivity index (χ1v) is 15.1. The Morgan fingerprint density at radius 3 is 2.20 bits per heavy atom. The third-order valence-corrected chi connectivity index (χ3v) is 9.34. The SMILES string of the molecule is O=C(OC(C(=O)Nc1cc(Cl)cc(Cl)c1)c1ccccc1)c1ccc(Cl)c(S(=O)(=O)N2CCc3ccccc3C2)c1. The van der Waals surface area contributed by atoms with Crippen LogP contribution in [0.15, 0.2) is 95.9 Å². The molecular formula is C30H23Cl3N2O5S. The monoisotopic (exact) mass is 628 g/mol. The second-order valence-electron chi connectivity index (χ2n) is 9.35. The molecule has 41 heavy (non-hydrogen) atoms. The first-order valence-electron chi connectivity index (χ1n) is 12.5. The highest BCUT2D eigenvalue weighted by Gasteiger charge is 2.32. The van der Waals surface area contributed by atoms with E-state index in [2.05, 4.69) is 5.32 Å². The molecule has 4 aromatic rings. The quantitative estimate of drug-likeness (QED) is 0.224. The molecule has 0 spiro atoms. The molecule has 4 aromatic carbocycles. The summed E-state index contributed by atoms with van der Waals surface area (Å²) in [5.74, 6) is -1.56. The van der Waals surface area contributed by atoms with Crippen LogP contribution in [0.1, 0.15) is 33.2 Å². The van der Waals surface area contributed by atoms with Crippen molar-refractivity contribution in [3.05, 3.63) is 128 Å². The normalized spacial score (nSPS) is 14.1. The summed E-state index contributed by atoms with van der Waals surface area (Å²) in [7, 11) is -4.05. The van der Waals surface area contributed by atoms with E-state index < -0.39 is 28.0 Å². The van der Waals surface area contributed by atoms with E-state index in [1.165, 1.54) is 40.7 Å². The van der Waals surface area contributed by atoms with Crippen molar-refractivity contribution in [2.24, 2.45) is 0 Å². The van der Waals surface area contributed by atoms with Crippen molar-refractivity contribution in [2.45, 2.75) is 24.0 Å². The molecule has 210 valence electrons. The lowest BCUT2D eigenvalue weighted by molar-refractivity contribution is -0.125. The zero-order valence-corrected chi connectivity index (χ0v) is 24.5. The van der Waals surface area contributed by atoms with Crippen LogP contribution in [0.25, 0.3) is 0 Å². The molecule has 1 N–H and O–H groups in total. The van der Waals surface area contributed by atoms with Gasteiger partial charge in [0.05, 0.1) is 10.6 Å². The summed E-state index contributed by atoms with van der Waals surface area (Å²) in [6.45, 7) is 0.460. The van der Waals surface area contributed by atoms with E-state index in [1.54, 1.807) is 30.3 Å². The number of hydrogen-bond donors (Lipinski definition) is 1. The Morgan fingerprint density at radius 2 is 1.49 bits per heavy atom. The van der Waals surface area contributed by atoms with Gasteiger partial charge in [-0.1, -0.05) is 89.4 Å². The third-order valence-electron chi connectivity index (χ3n) is 6.58. The molecule has 0 saturated heterocycles. The molecule has 11 heteroatoms. The number of anilines is 1. The van der Waals surface area contributed by atoms with Crippen molar-refractivity contribution in [1.29, 1.82) is 0 Å². The highest BCUT2D eigenvalue weighted by Crippen LogP contribution is 2.31. The van der Waals surface area contributed by atoms with Crippen LogP contribution in [0, 0.1) is 0 Å². The van der Waals surface area contributed by atoms with Gasteiger partial charge in [-0.15, -0.1) is 0 Å². The van der Waals surface area contributed by atoms with Crippen LogP contribution in [-0.4, -0.2) is 31.1 Å². The molecule has 1 heterocycles. The van der Waals surface area contributed by atoms with E-state index in [1.807, 2.05) is 24.3 Å². The predicted molar refractivity (Wildman–Crippen MR) is 159 cm³/mol. The Kier molecular flexibility index (Phi) is 8.68. The van der Waals surface area contributed by atoms with Gasteiger partial charge in [0.15, 0.2) is 0 Å². The molecule has 1 unspecified atom stereocenters. The fourth-order valence-electron chi connectivity index (χ4n) is 4.55. The van der Waals surface area contributed by atoms with Crippen molar-refractivity contribution in [3.8, 4) is 0 Å². The van der Waals surface area contributed by atoms with Gasteiger partial charge in [-0.25, -0.2) is 13.2 Å². The minimum Gasteiger partial charge on any atom is -0.444 e. The van der Waals surface area contributed by atoms with Gasteiger partial charge in [-0.3, -0.25) is 4.79 Å². The number of halogens is 3. The Labute approximate surface area is 252 Å². The van der Waals surface area contributed by atoms with Gasteiger partial charge < -0.3 is 10.1 Å². The standard InChI is InChI=1S/C30H23Cl3N2O5S/c31-23-15-24(32)17-25(16-23)34-29(36)28(20-7-2-1-3-8-20)40-30(37)21-10-11-26(33)27(14-21)41(38,39)35-13-12-19-6-4-5-9-22(19)18-35/h1-11,14-17,28H,12-13,18H2,(H,34,36). The van der Waals surface area contributed by atoms with E-state index in [9.17, 15) is 18.0 Å². The molecule has 5 rings (SSSR count). The van der Waals surface area contributed by atoms with Crippen LogP contribution in [0.3, 0.4) is 0 Å². The number of ether oxygens (including phenoxy) is 1. The first-order chi connectivity index (χ1) is 19.6. The van der Waals surface area contributed by atoms with Crippen molar-refractivity contribution in [2.75, 3.05) is 11.9 Å². The number of fused-ring (bicyclic) bond motifs is 1. The van der Waals surface area contributed by atoms with Crippen molar-refractivity contribution in [1.82, 2.24) is 4.31 Å². The van der Waals surface area contributed by atoms with Crippen LogP contribution in [0.4, 0.5) is 5.69 Å². The minimum absolute atomic E-state index is 0.0319. The highest BCUT2D eigenvalue weighted by molar-refractivity contribution is 7.89. The van der Waals surface area contributed by atoms with Crippen LogP contribution in [-0.2, 0) is 32.5 Å². The molecule has 7 nitrogen and oxygen atoms in total. The van der Waals surface area contributed by atoms with E-state index >= 15 is 0 Å². The van der Waals surface area contributed by atoms with Crippen LogP contribution in [0.2, 0.25) is 15.1 Å². The molecule has 0 fully saturated rings. The second-order valence-corrected chi connectivity index (χ2v) is 12.5. The molecule has 1 atom stereocenters. The zero-order valence-electron chi connectivity index (χ0n) is 21.4. The van der Waals surface area contributed by atoms with Gasteiger partial charge in [-0.2, -0.15) is 4.31 Å². The van der Waals surface area contributed by atoms with Gasteiger partial charge in [0.2, 0.25) is 16.1 Å². The second kappa shape index (κ2) is 12.2. The number of carbonyl (C=O) groups excluding carboxylic acids is 2. The molecule has 0 radical (unpaired) electrons. The van der Waals surface area contributed by atoms with E-state index in [-0.39, 0.29) is 28.6 Å². The van der Waals surface area contributed by atoms with E-state index in [0.29, 0.717) is 27.7 Å². The maximum atomic E-state index is 13.6. The van der Waals surface area contributed by atoms with Gasteiger partial charge in [0.25, 0.3) is 5.91 Å². The van der Waals surface area contributed by atoms with Crippen molar-refractivity contribution >= 4 is 62.4 Å². The Morgan fingerprint density at radius 1 is 0.829 bits per heavy atom. The minimum atomic E-state index is -4.05. The van der Waals surface area contributed by atoms with Gasteiger partial charge in [0.1, 0.15) is 4.90 Å². The predicted octanol–water partition coefficient (Wildman–Crippen LogP) is 6.93. The maximum Gasteiger partial charge on any atom is 0.339 e. The van der Waals surface area contributed by atoms with Gasteiger partial charge in [0, 0.05) is 34.4 Å². The molecule has 0 aliphatic carbocycles. The summed E-state index contributed by atoms with van der Waals surface area (Å²) in [5.41, 5.74) is 2.64. The van der Waals surface area contributed by atoms with Crippen LogP contribution in [0.5, 0.6) is 0 Å². The summed E-state index contributed by atoms with van der Waals surface area (Å²) in [4.78, 5) is 26.4. The summed E-state index contributed by atoms with van der Waals surface area (Å²) >= 11 is 18.4. The van der Waals surface area contributed by atoms with Crippen LogP contribution < -0.4 is 5.32 Å². The molecule has 1 aliphatic heterocycles. The Hall–Kier alpha value is -3.40. The number of hydrogen-bond acceptors (Lipinski definition) is 5. The Bertz CT molecular complexity index is 1710. The van der Waals surface area contributed by atoms with E-state index in [0.717, 1.165) is 11.1 Å². The van der Waals surface area contributed by atoms with Gasteiger partial charge >= 0.3 is 5.97 Å². The number of carbonyl (C=O) groups is 2. The van der Waals surface area contributed by atoms with Crippen molar-refractivity contribution < 1.29 is 22.7 Å². The number of nitrogens with one attached hydrogen (secondary N) is 1. The summed E-state index contributed by atoms with van der Waals surface area (Å²) < 4.78 is 34.2. The third kappa shape index (κ3) is 6.58. The topological polar surface area (TPSA) is 92.8 Å². The Balaban J connectivity index is 1.41. The summed E-state index contributed by atoms with van der Waals surface area (Å²) in [5, 5.41) is 3.26. The number of sulfonamides is 1. The number of amides is 1. The average molecular weight is 630 g/mol. The molecule has 0 aromatic heterocycles. The summed E-state index contributed by atoms with van der Waals surface area (Å²) in [6.07, 6.45) is -0.809. The van der Waals surface area contributed by atoms with E-state index in [4.69, 9.17) is 39.5 Å². The highest BCUT2D eigenvalue weighted by atomic mass is 35.5. The first kappa shape index (κ1) is 29.1. The number of nitrogens with zero attached hydrogens (tertiary/aromatic N) is 1. The average Bonchev–Trinajstić information content (AvgIpc) is 2.95. The lowest BCUT2D eigenvalue weighted by Gasteiger charge is -2.28. The smallest absolute Gasteiger partial charge is 0.339 e.